The van der Waals surface area contributed by atoms with Crippen molar-refractivity contribution in [3.8, 4) is 0 Å². The normalized spacial score (nSPS) is 11.9. The van der Waals surface area contributed by atoms with Crippen LogP contribution in [0.15, 0.2) is 0 Å². The molecule has 0 spiro atoms. The molecule has 0 aliphatic heterocycles. The van der Waals surface area contributed by atoms with Gasteiger partial charge in [-0.2, -0.15) is 0 Å². The molecule has 0 aliphatic rings. The van der Waals surface area contributed by atoms with Gasteiger partial charge in [-0.25, -0.2) is 0 Å². The zero-order valence-corrected chi connectivity index (χ0v) is 40.0. The molecule has 0 aliphatic carbocycles. The third kappa shape index (κ3) is 41.6. The van der Waals surface area contributed by atoms with E-state index in [9.17, 15) is 14.7 Å². The van der Waals surface area contributed by atoms with Gasteiger partial charge in [-0.15, -0.1) is 0 Å². The molecule has 6 heteroatoms. The van der Waals surface area contributed by atoms with Gasteiger partial charge in [-0.05, 0) is 88.8 Å². The first-order valence-electron chi connectivity index (χ1n) is 25.9. The Labute approximate surface area is 362 Å². The summed E-state index contributed by atoms with van der Waals surface area (Å²) in [5.41, 5.74) is 0.0260. The van der Waals surface area contributed by atoms with Crippen LogP contribution in [0.3, 0.4) is 0 Å². The number of aliphatic hydroxyl groups is 1. The van der Waals surface area contributed by atoms with Gasteiger partial charge in [0.2, 0.25) is 0 Å². The zero-order chi connectivity index (χ0) is 42.6. The number of unbranched alkanes of at least 4 members (excludes halogenated alkanes) is 26. The van der Waals surface area contributed by atoms with E-state index in [0.29, 0.717) is 32.0 Å². The summed E-state index contributed by atoms with van der Waals surface area (Å²) in [5, 5.41) is 9.33. The van der Waals surface area contributed by atoms with Crippen molar-refractivity contribution in [3.05, 3.63) is 0 Å². The topological polar surface area (TPSA) is 76.1 Å². The lowest BCUT2D eigenvalue weighted by molar-refractivity contribution is -0.147. The lowest BCUT2D eigenvalue weighted by Crippen LogP contribution is -2.27. The molecule has 0 heterocycles. The van der Waals surface area contributed by atoms with Crippen LogP contribution in [0.5, 0.6) is 0 Å². The van der Waals surface area contributed by atoms with Crippen molar-refractivity contribution >= 4 is 11.9 Å². The zero-order valence-electron chi connectivity index (χ0n) is 40.0. The molecule has 0 aromatic rings. The van der Waals surface area contributed by atoms with Crippen molar-refractivity contribution in [2.24, 2.45) is 11.3 Å². The standard InChI is InChI=1S/C52H103NO5/c1-6-9-12-15-18-19-20-25-32-41-51(56)58-48-52(4,5)42-33-28-35-44-53(45-36-37-46-54)43-34-27-22-21-26-31-40-50(55)57-47-49(38-29-23-16-13-10-7-2)39-30-24-17-14-11-8-3/h49,54H,6-48H2,1-5H3. The average Bonchev–Trinajstić information content (AvgIpc) is 3.21. The van der Waals surface area contributed by atoms with Gasteiger partial charge in [0.25, 0.3) is 0 Å². The first-order valence-corrected chi connectivity index (χ1v) is 25.9. The Kier molecular flexibility index (Phi) is 43.1. The molecule has 0 fully saturated rings. The number of aliphatic hydroxyl groups excluding tert-OH is 1. The molecule has 1 N–H and O–H groups in total. The molecule has 0 amide bonds. The molecule has 0 aromatic heterocycles. The van der Waals surface area contributed by atoms with E-state index in [2.05, 4.69) is 39.5 Å². The highest BCUT2D eigenvalue weighted by Gasteiger charge is 2.20. The van der Waals surface area contributed by atoms with Crippen LogP contribution in [0.4, 0.5) is 0 Å². The Morgan fingerprint density at radius 2 is 0.828 bits per heavy atom. The fourth-order valence-electron chi connectivity index (χ4n) is 8.23. The van der Waals surface area contributed by atoms with E-state index in [1.165, 1.54) is 180 Å². The summed E-state index contributed by atoms with van der Waals surface area (Å²) in [4.78, 5) is 27.6. The predicted octanol–water partition coefficient (Wildman–Crippen LogP) is 15.5. The van der Waals surface area contributed by atoms with Gasteiger partial charge < -0.3 is 19.5 Å². The van der Waals surface area contributed by atoms with E-state index in [0.717, 1.165) is 64.6 Å². The second-order valence-electron chi connectivity index (χ2n) is 19.0. The molecule has 0 aromatic carbocycles. The highest BCUT2D eigenvalue weighted by atomic mass is 16.5. The van der Waals surface area contributed by atoms with Crippen molar-refractivity contribution in [3.63, 3.8) is 0 Å². The lowest BCUT2D eigenvalue weighted by Gasteiger charge is -2.25. The minimum Gasteiger partial charge on any atom is -0.465 e. The Bertz CT molecular complexity index is 847. The number of carbonyl (C=O) groups is 2. The number of ether oxygens (including phenoxy) is 2. The van der Waals surface area contributed by atoms with Crippen molar-refractivity contribution in [2.45, 2.75) is 272 Å². The van der Waals surface area contributed by atoms with Crippen LogP contribution >= 0.6 is 0 Å². The lowest BCUT2D eigenvalue weighted by atomic mass is 9.88. The van der Waals surface area contributed by atoms with E-state index in [1.807, 2.05) is 0 Å². The summed E-state index contributed by atoms with van der Waals surface area (Å²) in [7, 11) is 0. The highest BCUT2D eigenvalue weighted by Crippen LogP contribution is 2.25. The Morgan fingerprint density at radius 3 is 1.28 bits per heavy atom. The fourth-order valence-corrected chi connectivity index (χ4v) is 8.23. The predicted molar refractivity (Wildman–Crippen MR) is 251 cm³/mol. The number of hydrogen-bond donors (Lipinski definition) is 1. The summed E-state index contributed by atoms with van der Waals surface area (Å²) in [6.45, 7) is 16.0. The number of hydrogen-bond acceptors (Lipinski definition) is 6. The van der Waals surface area contributed by atoms with Crippen LogP contribution < -0.4 is 0 Å². The van der Waals surface area contributed by atoms with Crippen LogP contribution in [0.25, 0.3) is 0 Å². The molecule has 0 bridgehead atoms. The van der Waals surface area contributed by atoms with Crippen molar-refractivity contribution in [2.75, 3.05) is 39.5 Å². The number of esters is 2. The molecule has 0 atom stereocenters. The second-order valence-corrected chi connectivity index (χ2v) is 19.0. The summed E-state index contributed by atoms with van der Waals surface area (Å²) >= 11 is 0. The third-order valence-electron chi connectivity index (χ3n) is 12.3. The minimum atomic E-state index is -0.0225. The van der Waals surface area contributed by atoms with E-state index < -0.39 is 0 Å². The third-order valence-corrected chi connectivity index (χ3v) is 12.3. The van der Waals surface area contributed by atoms with Crippen molar-refractivity contribution in [1.29, 1.82) is 0 Å². The van der Waals surface area contributed by atoms with E-state index in [1.54, 1.807) is 0 Å². The van der Waals surface area contributed by atoms with Crippen molar-refractivity contribution < 1.29 is 24.2 Å². The second kappa shape index (κ2) is 43.9. The smallest absolute Gasteiger partial charge is 0.305 e. The molecule has 0 radical (unpaired) electrons. The Balaban J connectivity index is 4.16. The highest BCUT2D eigenvalue weighted by molar-refractivity contribution is 5.69. The molecule has 6 nitrogen and oxygen atoms in total. The van der Waals surface area contributed by atoms with Gasteiger partial charge in [0, 0.05) is 19.4 Å². The molecule has 58 heavy (non-hydrogen) atoms. The maximum absolute atomic E-state index is 12.6. The molecule has 0 unspecified atom stereocenters. The van der Waals surface area contributed by atoms with Gasteiger partial charge in [0.1, 0.15) is 0 Å². The quantitative estimate of drug-likeness (QED) is 0.0487. The van der Waals surface area contributed by atoms with E-state index in [-0.39, 0.29) is 24.0 Å². The van der Waals surface area contributed by atoms with Gasteiger partial charge in [-0.1, -0.05) is 202 Å². The number of carbonyl (C=O) groups excluding carboxylic acids is 2. The molecule has 346 valence electrons. The minimum absolute atomic E-state index is 0.0148. The van der Waals surface area contributed by atoms with Crippen molar-refractivity contribution in [1.82, 2.24) is 4.90 Å². The monoisotopic (exact) mass is 822 g/mol. The first-order chi connectivity index (χ1) is 28.3. The van der Waals surface area contributed by atoms with Crippen LogP contribution in [0.2, 0.25) is 0 Å². The summed E-state index contributed by atoms with van der Waals surface area (Å²) in [6.07, 6.45) is 44.4. The maximum atomic E-state index is 12.6. The molecule has 0 saturated carbocycles. The Morgan fingerprint density at radius 1 is 0.466 bits per heavy atom. The SMILES string of the molecule is CCCCCCCCCCCC(=O)OCC(C)(C)CCCCCN(CCCCO)CCCCCCCCC(=O)OCC(CCCCCCCC)CCCCCCCC. The largest absolute Gasteiger partial charge is 0.465 e. The van der Waals surface area contributed by atoms with Crippen LogP contribution in [0, 0.1) is 11.3 Å². The molecule has 0 rings (SSSR count). The average molecular weight is 822 g/mol. The summed E-state index contributed by atoms with van der Waals surface area (Å²) in [6, 6.07) is 0. The van der Waals surface area contributed by atoms with Crippen LogP contribution in [0.1, 0.15) is 272 Å². The van der Waals surface area contributed by atoms with Crippen LogP contribution in [-0.2, 0) is 19.1 Å². The number of rotatable bonds is 47. The Hall–Kier alpha value is -1.14. The molecular formula is C52H103NO5. The van der Waals surface area contributed by atoms with Gasteiger partial charge in [0.15, 0.2) is 0 Å². The number of nitrogens with zero attached hydrogens (tertiary/aromatic N) is 1. The first kappa shape index (κ1) is 56.9. The summed E-state index contributed by atoms with van der Waals surface area (Å²) < 4.78 is 11.5. The van der Waals surface area contributed by atoms with E-state index in [4.69, 9.17) is 9.47 Å². The van der Waals surface area contributed by atoms with Gasteiger partial charge in [-0.3, -0.25) is 9.59 Å². The van der Waals surface area contributed by atoms with E-state index >= 15 is 0 Å². The summed E-state index contributed by atoms with van der Waals surface area (Å²) in [5.74, 6) is 0.533. The molecule has 0 saturated heterocycles. The molecular weight excluding hydrogens is 719 g/mol. The van der Waals surface area contributed by atoms with Crippen LogP contribution in [-0.4, -0.2) is 61.4 Å². The fraction of sp³-hybridized carbons (Fsp3) is 0.962. The van der Waals surface area contributed by atoms with Gasteiger partial charge >= 0.3 is 11.9 Å². The van der Waals surface area contributed by atoms with Gasteiger partial charge in [0.05, 0.1) is 13.2 Å². The maximum Gasteiger partial charge on any atom is 0.305 e.